The van der Waals surface area contributed by atoms with Gasteiger partial charge in [0.2, 0.25) is 0 Å². The molecule has 0 aliphatic carbocycles. The molecule has 0 aromatic heterocycles. The minimum atomic E-state index is -0.370. The summed E-state index contributed by atoms with van der Waals surface area (Å²) in [5.41, 5.74) is 1.51. The number of benzene rings is 1. The Bertz CT molecular complexity index is 459. The standard InChI is InChI=1S/C12H14N2O3/c1-13-9(6-15)8-3-4-11-10(5-8)14(2)12(16)7-17-11/h3-6,9,13H,7H2,1-2H3. The van der Waals surface area contributed by atoms with Crippen molar-refractivity contribution in [2.24, 2.45) is 0 Å². The summed E-state index contributed by atoms with van der Waals surface area (Å²) in [5.74, 6) is 0.568. The third-order valence-corrected chi connectivity index (χ3v) is 2.88. The van der Waals surface area contributed by atoms with Crippen LogP contribution in [0.15, 0.2) is 18.2 Å². The van der Waals surface area contributed by atoms with Gasteiger partial charge in [-0.3, -0.25) is 4.79 Å². The van der Waals surface area contributed by atoms with Gasteiger partial charge in [-0.15, -0.1) is 0 Å². The Morgan fingerprint density at radius 1 is 1.53 bits per heavy atom. The molecule has 0 fully saturated rings. The number of hydrogen-bond acceptors (Lipinski definition) is 4. The lowest BCUT2D eigenvalue weighted by Crippen LogP contribution is -2.35. The van der Waals surface area contributed by atoms with E-state index in [1.54, 1.807) is 31.1 Å². The van der Waals surface area contributed by atoms with Crippen molar-refractivity contribution in [3.8, 4) is 5.75 Å². The predicted octanol–water partition coefficient (Wildman–Crippen LogP) is 0.501. The van der Waals surface area contributed by atoms with Crippen LogP contribution in [0.5, 0.6) is 5.75 Å². The maximum absolute atomic E-state index is 11.5. The van der Waals surface area contributed by atoms with Crippen LogP contribution in [0.2, 0.25) is 0 Å². The zero-order valence-corrected chi connectivity index (χ0v) is 9.77. The van der Waals surface area contributed by atoms with Gasteiger partial charge in [0.05, 0.1) is 11.7 Å². The first-order valence-electron chi connectivity index (χ1n) is 5.33. The van der Waals surface area contributed by atoms with E-state index < -0.39 is 0 Å². The second-order valence-electron chi connectivity index (χ2n) is 3.87. The molecule has 0 bridgehead atoms. The van der Waals surface area contributed by atoms with Crippen LogP contribution in [0, 0.1) is 0 Å². The molecule has 1 N–H and O–H groups in total. The van der Waals surface area contributed by atoms with Crippen molar-refractivity contribution in [3.05, 3.63) is 23.8 Å². The molecule has 5 nitrogen and oxygen atoms in total. The van der Waals surface area contributed by atoms with Crippen LogP contribution in [-0.2, 0) is 9.59 Å². The Labute approximate surface area is 99.4 Å². The van der Waals surface area contributed by atoms with Crippen LogP contribution < -0.4 is 15.0 Å². The van der Waals surface area contributed by atoms with Crippen LogP contribution in [0.1, 0.15) is 11.6 Å². The molecule has 17 heavy (non-hydrogen) atoms. The minimum Gasteiger partial charge on any atom is -0.482 e. The molecular weight excluding hydrogens is 220 g/mol. The molecule has 0 spiro atoms. The van der Waals surface area contributed by atoms with Crippen molar-refractivity contribution >= 4 is 17.9 Å². The van der Waals surface area contributed by atoms with Gasteiger partial charge in [0.15, 0.2) is 6.61 Å². The topological polar surface area (TPSA) is 58.6 Å². The van der Waals surface area contributed by atoms with Gasteiger partial charge < -0.3 is 19.7 Å². The quantitative estimate of drug-likeness (QED) is 0.774. The smallest absolute Gasteiger partial charge is 0.264 e. The number of fused-ring (bicyclic) bond motifs is 1. The fourth-order valence-electron chi connectivity index (χ4n) is 1.80. The van der Waals surface area contributed by atoms with E-state index in [-0.39, 0.29) is 18.6 Å². The normalized spacial score (nSPS) is 16.1. The first kappa shape index (κ1) is 11.6. The second-order valence-corrected chi connectivity index (χ2v) is 3.87. The fraction of sp³-hybridized carbons (Fsp3) is 0.333. The number of rotatable bonds is 3. The monoisotopic (exact) mass is 234 g/mol. The number of aldehydes is 1. The summed E-state index contributed by atoms with van der Waals surface area (Å²) in [6, 6.07) is 5.02. The molecule has 1 atom stereocenters. The number of hydrogen-bond donors (Lipinski definition) is 1. The number of nitrogens with zero attached hydrogens (tertiary/aromatic N) is 1. The minimum absolute atomic E-state index is 0.0615. The molecule has 1 aliphatic rings. The van der Waals surface area contributed by atoms with E-state index in [9.17, 15) is 9.59 Å². The zero-order valence-electron chi connectivity index (χ0n) is 9.77. The number of amides is 1. The Kier molecular flexibility index (Phi) is 3.10. The van der Waals surface area contributed by atoms with Gasteiger partial charge in [0, 0.05) is 7.05 Å². The van der Waals surface area contributed by atoms with Crippen LogP contribution in [0.3, 0.4) is 0 Å². The maximum atomic E-state index is 11.5. The van der Waals surface area contributed by atoms with E-state index >= 15 is 0 Å². The third kappa shape index (κ3) is 2.01. The van der Waals surface area contributed by atoms with Crippen molar-refractivity contribution in [2.45, 2.75) is 6.04 Å². The number of nitrogens with one attached hydrogen (secondary N) is 1. The SMILES string of the molecule is CNC(C=O)c1ccc2c(c1)N(C)C(=O)CO2. The van der Waals surface area contributed by atoms with Crippen LogP contribution in [0.25, 0.3) is 0 Å². The summed E-state index contributed by atoms with van der Waals surface area (Å²) < 4.78 is 5.31. The molecular formula is C12H14N2O3. The third-order valence-electron chi connectivity index (χ3n) is 2.88. The molecule has 5 heteroatoms. The van der Waals surface area contributed by atoms with E-state index in [2.05, 4.69) is 5.32 Å². The lowest BCUT2D eigenvalue weighted by Gasteiger charge is -2.26. The molecule has 0 radical (unpaired) electrons. The average Bonchev–Trinajstić information content (AvgIpc) is 2.36. The van der Waals surface area contributed by atoms with Crippen LogP contribution >= 0.6 is 0 Å². The zero-order chi connectivity index (χ0) is 12.4. The Morgan fingerprint density at radius 3 is 2.94 bits per heavy atom. The molecule has 1 aromatic rings. The van der Waals surface area contributed by atoms with E-state index in [1.807, 2.05) is 6.07 Å². The van der Waals surface area contributed by atoms with Gasteiger partial charge in [-0.05, 0) is 24.7 Å². The van der Waals surface area contributed by atoms with Crippen molar-refractivity contribution in [3.63, 3.8) is 0 Å². The number of likely N-dealkylation sites (N-methyl/N-ethyl adjacent to an activating group) is 2. The Hall–Kier alpha value is -1.88. The maximum Gasteiger partial charge on any atom is 0.264 e. The molecule has 1 heterocycles. The Morgan fingerprint density at radius 2 is 2.29 bits per heavy atom. The summed E-state index contributed by atoms with van der Waals surface area (Å²) in [4.78, 5) is 23.9. The van der Waals surface area contributed by atoms with Crippen molar-refractivity contribution in [1.82, 2.24) is 5.32 Å². The molecule has 2 rings (SSSR count). The highest BCUT2D eigenvalue weighted by Crippen LogP contribution is 2.33. The highest BCUT2D eigenvalue weighted by Gasteiger charge is 2.23. The average molecular weight is 234 g/mol. The fourth-order valence-corrected chi connectivity index (χ4v) is 1.80. The van der Waals surface area contributed by atoms with Crippen LogP contribution in [-0.4, -0.2) is 32.9 Å². The number of carbonyl (C=O) groups is 2. The highest BCUT2D eigenvalue weighted by atomic mass is 16.5. The first-order chi connectivity index (χ1) is 8.17. The van der Waals surface area contributed by atoms with Crippen LogP contribution in [0.4, 0.5) is 5.69 Å². The molecule has 1 aromatic carbocycles. The molecule has 90 valence electrons. The summed E-state index contributed by atoms with van der Waals surface area (Å²) in [7, 11) is 3.41. The molecule has 0 saturated heterocycles. The van der Waals surface area contributed by atoms with E-state index in [1.165, 1.54) is 0 Å². The summed E-state index contributed by atoms with van der Waals surface area (Å²) in [5, 5.41) is 2.89. The lowest BCUT2D eigenvalue weighted by atomic mass is 10.1. The molecule has 1 amide bonds. The van der Waals surface area contributed by atoms with Gasteiger partial charge in [0.1, 0.15) is 12.0 Å². The van der Waals surface area contributed by atoms with Crippen molar-refractivity contribution in [1.29, 1.82) is 0 Å². The second kappa shape index (κ2) is 4.55. The summed E-state index contributed by atoms with van der Waals surface area (Å²) in [6.45, 7) is 0.0615. The van der Waals surface area contributed by atoms with Gasteiger partial charge in [0.25, 0.3) is 5.91 Å². The number of carbonyl (C=O) groups excluding carboxylic acids is 2. The van der Waals surface area contributed by atoms with Gasteiger partial charge in [-0.1, -0.05) is 6.07 Å². The molecule has 1 aliphatic heterocycles. The van der Waals surface area contributed by atoms with Gasteiger partial charge in [-0.25, -0.2) is 0 Å². The van der Waals surface area contributed by atoms with Crippen molar-refractivity contribution in [2.75, 3.05) is 25.6 Å². The predicted molar refractivity (Wildman–Crippen MR) is 63.2 cm³/mol. The number of ether oxygens (including phenoxy) is 1. The number of anilines is 1. The summed E-state index contributed by atoms with van der Waals surface area (Å²) in [6.07, 6.45) is 0.827. The van der Waals surface area contributed by atoms with E-state index in [0.29, 0.717) is 11.4 Å². The highest BCUT2D eigenvalue weighted by molar-refractivity contribution is 5.97. The molecule has 0 saturated carbocycles. The Balaban J connectivity index is 2.41. The van der Waals surface area contributed by atoms with E-state index in [4.69, 9.17) is 4.74 Å². The first-order valence-corrected chi connectivity index (χ1v) is 5.33. The van der Waals surface area contributed by atoms with Crippen molar-refractivity contribution < 1.29 is 14.3 Å². The van der Waals surface area contributed by atoms with Gasteiger partial charge >= 0.3 is 0 Å². The van der Waals surface area contributed by atoms with E-state index in [0.717, 1.165) is 11.8 Å². The summed E-state index contributed by atoms with van der Waals surface area (Å²) >= 11 is 0. The van der Waals surface area contributed by atoms with Gasteiger partial charge in [-0.2, -0.15) is 0 Å². The largest absolute Gasteiger partial charge is 0.482 e. The lowest BCUT2D eigenvalue weighted by molar-refractivity contribution is -0.121. The molecule has 1 unspecified atom stereocenters.